The second kappa shape index (κ2) is 5.34. The van der Waals surface area contributed by atoms with Gasteiger partial charge in [0, 0.05) is 0 Å². The third kappa shape index (κ3) is 3.37. The van der Waals surface area contributed by atoms with E-state index in [1.54, 1.807) is 0 Å². The van der Waals surface area contributed by atoms with Crippen molar-refractivity contribution >= 4 is 0 Å². The fourth-order valence-electron chi connectivity index (χ4n) is 2.27. The Morgan fingerprint density at radius 1 is 1.40 bits per heavy atom. The Kier molecular flexibility index (Phi) is 4.38. The zero-order chi connectivity index (χ0) is 11.3. The fraction of sp³-hybridized carbons (Fsp3) is 0.600. The van der Waals surface area contributed by atoms with E-state index in [4.69, 9.17) is 0 Å². The third-order valence-corrected chi connectivity index (χ3v) is 3.80. The lowest BCUT2D eigenvalue weighted by atomic mass is 9.69. The summed E-state index contributed by atoms with van der Waals surface area (Å²) in [5.41, 5.74) is 3.24. The van der Waals surface area contributed by atoms with Crippen LogP contribution in [0.4, 0.5) is 0 Å². The van der Waals surface area contributed by atoms with E-state index in [1.165, 1.54) is 43.3 Å². The number of rotatable bonds is 5. The van der Waals surface area contributed by atoms with E-state index < -0.39 is 0 Å². The van der Waals surface area contributed by atoms with Crippen LogP contribution >= 0.6 is 0 Å². The first-order valence-electron chi connectivity index (χ1n) is 6.04. The molecule has 0 unspecified atom stereocenters. The standard InChI is InChI=1S/C15H24/c1-5-6-7-8-14(3)15(4)11-9-13(2)10-12-15/h5H,1-3,6-12H2,4H3. The summed E-state index contributed by atoms with van der Waals surface area (Å²) < 4.78 is 0. The maximum atomic E-state index is 4.28. The van der Waals surface area contributed by atoms with Crippen molar-refractivity contribution < 1.29 is 0 Å². The van der Waals surface area contributed by atoms with Gasteiger partial charge < -0.3 is 0 Å². The first kappa shape index (κ1) is 12.3. The van der Waals surface area contributed by atoms with Gasteiger partial charge in [-0.25, -0.2) is 0 Å². The molecule has 0 saturated heterocycles. The van der Waals surface area contributed by atoms with Crippen LogP contribution in [0.2, 0.25) is 0 Å². The van der Waals surface area contributed by atoms with Gasteiger partial charge in [0.25, 0.3) is 0 Å². The van der Waals surface area contributed by atoms with Gasteiger partial charge in [0.15, 0.2) is 0 Å². The maximum Gasteiger partial charge on any atom is -0.0113 e. The Labute approximate surface area is 94.8 Å². The highest BCUT2D eigenvalue weighted by Gasteiger charge is 2.30. The van der Waals surface area contributed by atoms with Gasteiger partial charge in [0.05, 0.1) is 0 Å². The molecule has 0 aromatic rings. The van der Waals surface area contributed by atoms with Crippen LogP contribution in [0, 0.1) is 5.41 Å². The highest BCUT2D eigenvalue weighted by atomic mass is 14.3. The molecule has 0 bridgehead atoms. The molecule has 0 amide bonds. The molecule has 0 radical (unpaired) electrons. The van der Waals surface area contributed by atoms with E-state index in [1.807, 2.05) is 6.08 Å². The van der Waals surface area contributed by atoms with Crippen LogP contribution in [0.5, 0.6) is 0 Å². The predicted octanol–water partition coefficient (Wildman–Crippen LogP) is 5.04. The van der Waals surface area contributed by atoms with Crippen molar-refractivity contribution in [3.05, 3.63) is 37.0 Å². The van der Waals surface area contributed by atoms with Gasteiger partial charge in [0.1, 0.15) is 0 Å². The Bertz CT molecular complexity index is 247. The molecule has 0 atom stereocenters. The number of unbranched alkanes of at least 4 members (excludes halogenated alkanes) is 1. The second-order valence-corrected chi connectivity index (χ2v) is 5.10. The molecule has 1 aliphatic carbocycles. The largest absolute Gasteiger partial charge is 0.103 e. The minimum Gasteiger partial charge on any atom is -0.103 e. The smallest absolute Gasteiger partial charge is 0.0113 e. The number of allylic oxidation sites excluding steroid dienone is 3. The summed E-state index contributed by atoms with van der Waals surface area (Å²) >= 11 is 0. The second-order valence-electron chi connectivity index (χ2n) is 5.10. The summed E-state index contributed by atoms with van der Waals surface area (Å²) in [4.78, 5) is 0. The van der Waals surface area contributed by atoms with Crippen molar-refractivity contribution in [1.82, 2.24) is 0 Å². The van der Waals surface area contributed by atoms with Gasteiger partial charge >= 0.3 is 0 Å². The van der Waals surface area contributed by atoms with E-state index in [0.717, 1.165) is 12.8 Å². The minimum atomic E-state index is 0.377. The first-order valence-corrected chi connectivity index (χ1v) is 6.04. The molecule has 84 valence electrons. The summed E-state index contributed by atoms with van der Waals surface area (Å²) in [6.45, 7) is 14.5. The molecule has 1 rings (SSSR count). The Morgan fingerprint density at radius 3 is 2.53 bits per heavy atom. The van der Waals surface area contributed by atoms with E-state index >= 15 is 0 Å². The molecular formula is C15H24. The van der Waals surface area contributed by atoms with E-state index in [-0.39, 0.29) is 0 Å². The monoisotopic (exact) mass is 204 g/mol. The van der Waals surface area contributed by atoms with Gasteiger partial charge in [-0.3, -0.25) is 0 Å². The minimum absolute atomic E-state index is 0.377. The average Bonchev–Trinajstić information content (AvgIpc) is 2.23. The van der Waals surface area contributed by atoms with E-state index in [2.05, 4.69) is 26.7 Å². The van der Waals surface area contributed by atoms with Gasteiger partial charge in [-0.1, -0.05) is 37.3 Å². The van der Waals surface area contributed by atoms with Crippen LogP contribution in [0.1, 0.15) is 51.9 Å². The summed E-state index contributed by atoms with van der Waals surface area (Å²) in [5.74, 6) is 0. The molecule has 0 spiro atoms. The van der Waals surface area contributed by atoms with Crippen molar-refractivity contribution in [3.8, 4) is 0 Å². The van der Waals surface area contributed by atoms with E-state index in [9.17, 15) is 0 Å². The lowest BCUT2D eigenvalue weighted by Gasteiger charge is -2.36. The normalized spacial score (nSPS) is 19.9. The van der Waals surface area contributed by atoms with Gasteiger partial charge in [-0.05, 0) is 50.4 Å². The SMILES string of the molecule is C=CCCCC(=C)C1(C)CCC(=C)CC1. The number of hydrogen-bond acceptors (Lipinski definition) is 0. The summed E-state index contributed by atoms with van der Waals surface area (Å²) in [6.07, 6.45) is 10.4. The lowest BCUT2D eigenvalue weighted by molar-refractivity contribution is 0.295. The molecule has 1 saturated carbocycles. The molecule has 0 heteroatoms. The fourth-order valence-corrected chi connectivity index (χ4v) is 2.27. The molecule has 1 aliphatic rings. The first-order chi connectivity index (χ1) is 7.08. The summed E-state index contributed by atoms with van der Waals surface area (Å²) in [6, 6.07) is 0. The van der Waals surface area contributed by atoms with Gasteiger partial charge in [-0.15, -0.1) is 6.58 Å². The zero-order valence-electron chi connectivity index (χ0n) is 10.1. The van der Waals surface area contributed by atoms with Gasteiger partial charge in [0.2, 0.25) is 0 Å². The Hall–Kier alpha value is -0.780. The van der Waals surface area contributed by atoms with E-state index in [0.29, 0.717) is 5.41 Å². The molecule has 0 heterocycles. The van der Waals surface area contributed by atoms with Crippen molar-refractivity contribution in [2.45, 2.75) is 51.9 Å². The van der Waals surface area contributed by atoms with Crippen molar-refractivity contribution in [2.75, 3.05) is 0 Å². The van der Waals surface area contributed by atoms with Crippen molar-refractivity contribution in [3.63, 3.8) is 0 Å². The lowest BCUT2D eigenvalue weighted by Crippen LogP contribution is -2.23. The quantitative estimate of drug-likeness (QED) is 0.435. The molecule has 0 nitrogen and oxygen atoms in total. The average molecular weight is 204 g/mol. The Balaban J connectivity index is 2.43. The topological polar surface area (TPSA) is 0 Å². The molecule has 0 aliphatic heterocycles. The molecular weight excluding hydrogens is 180 g/mol. The van der Waals surface area contributed by atoms with Crippen LogP contribution in [0.3, 0.4) is 0 Å². The maximum absolute atomic E-state index is 4.28. The van der Waals surface area contributed by atoms with Crippen molar-refractivity contribution in [1.29, 1.82) is 0 Å². The Morgan fingerprint density at radius 2 is 2.00 bits per heavy atom. The van der Waals surface area contributed by atoms with Crippen molar-refractivity contribution in [2.24, 2.45) is 5.41 Å². The zero-order valence-corrected chi connectivity index (χ0v) is 10.1. The van der Waals surface area contributed by atoms with Crippen LogP contribution in [0.25, 0.3) is 0 Å². The highest BCUT2D eigenvalue weighted by molar-refractivity contribution is 5.14. The molecule has 15 heavy (non-hydrogen) atoms. The van der Waals surface area contributed by atoms with Crippen LogP contribution < -0.4 is 0 Å². The molecule has 0 aromatic heterocycles. The van der Waals surface area contributed by atoms with Crippen LogP contribution in [-0.4, -0.2) is 0 Å². The summed E-state index contributed by atoms with van der Waals surface area (Å²) in [7, 11) is 0. The highest BCUT2D eigenvalue weighted by Crippen LogP contribution is 2.44. The molecule has 0 N–H and O–H groups in total. The molecule has 0 aromatic carbocycles. The number of hydrogen-bond donors (Lipinski definition) is 0. The summed E-state index contributed by atoms with van der Waals surface area (Å²) in [5, 5.41) is 0. The van der Waals surface area contributed by atoms with Crippen LogP contribution in [0.15, 0.2) is 37.0 Å². The van der Waals surface area contributed by atoms with Crippen LogP contribution in [-0.2, 0) is 0 Å². The third-order valence-electron chi connectivity index (χ3n) is 3.80. The predicted molar refractivity (Wildman–Crippen MR) is 68.9 cm³/mol. The molecule has 1 fully saturated rings. The van der Waals surface area contributed by atoms with Gasteiger partial charge in [-0.2, -0.15) is 0 Å².